The highest BCUT2D eigenvalue weighted by Crippen LogP contribution is 2.38. The Labute approximate surface area is 700 Å². The molecular formula is C111H79N5OSi3. The highest BCUT2D eigenvalue weighted by atomic mass is 28.3. The molecule has 9 heteroatoms. The first-order chi connectivity index (χ1) is 59.5. The smallest absolute Gasteiger partial charge is 0.179 e. The van der Waals surface area contributed by atoms with Crippen molar-refractivity contribution in [2.24, 2.45) is 0 Å². The normalized spacial score (nSPS) is 11.8. The average Bonchev–Trinajstić information content (AvgIpc) is 1.37. The molecular weight excluding hydrogens is 1500 g/mol. The van der Waals surface area contributed by atoms with Crippen molar-refractivity contribution in [3.8, 4) is 45.5 Å². The van der Waals surface area contributed by atoms with Crippen molar-refractivity contribution in [3.63, 3.8) is 0 Å². The second kappa shape index (κ2) is 31.2. The predicted molar refractivity (Wildman–Crippen MR) is 509 cm³/mol. The van der Waals surface area contributed by atoms with Crippen LogP contribution in [-0.4, -0.2) is 48.3 Å². The van der Waals surface area contributed by atoms with Crippen molar-refractivity contribution in [1.82, 2.24) is 24.1 Å². The number of rotatable bonds is 17. The fraction of sp³-hybridized carbons (Fsp3) is 0. The van der Waals surface area contributed by atoms with Crippen molar-refractivity contribution in [2.45, 2.75) is 0 Å². The summed E-state index contributed by atoms with van der Waals surface area (Å²) in [6, 6.07) is 175. The minimum absolute atomic E-state index is 0.591. The Kier molecular flexibility index (Phi) is 18.9. The first kappa shape index (κ1) is 72.7. The van der Waals surface area contributed by atoms with Crippen molar-refractivity contribution >= 4 is 152 Å². The zero-order valence-corrected chi connectivity index (χ0v) is 68.8. The van der Waals surface area contributed by atoms with E-state index in [4.69, 9.17) is 19.4 Å². The lowest BCUT2D eigenvalue weighted by Gasteiger charge is -2.34. The molecule has 22 rings (SSSR count). The monoisotopic (exact) mass is 1580 g/mol. The van der Waals surface area contributed by atoms with Gasteiger partial charge in [0, 0.05) is 60.4 Å². The molecule has 120 heavy (non-hydrogen) atoms. The summed E-state index contributed by atoms with van der Waals surface area (Å²) in [5.74, 6) is 1.80. The van der Waals surface area contributed by atoms with Crippen LogP contribution in [0.1, 0.15) is 0 Å². The molecule has 566 valence electrons. The van der Waals surface area contributed by atoms with E-state index in [1.54, 1.807) is 0 Å². The third-order valence-electron chi connectivity index (χ3n) is 24.3. The Morgan fingerprint density at radius 2 is 0.433 bits per heavy atom. The van der Waals surface area contributed by atoms with Gasteiger partial charge in [-0.25, -0.2) is 15.0 Å². The van der Waals surface area contributed by atoms with Gasteiger partial charge >= 0.3 is 0 Å². The topological polar surface area (TPSA) is 61.7 Å². The van der Waals surface area contributed by atoms with Crippen LogP contribution in [0.15, 0.2) is 484 Å². The van der Waals surface area contributed by atoms with Gasteiger partial charge in [-0.3, -0.25) is 0 Å². The second-order valence-electron chi connectivity index (χ2n) is 30.8. The van der Waals surface area contributed by atoms with Gasteiger partial charge in [-0.05, 0) is 135 Å². The molecule has 0 atom stereocenters. The lowest BCUT2D eigenvalue weighted by Crippen LogP contribution is -2.74. The summed E-state index contributed by atoms with van der Waals surface area (Å²) < 4.78 is 11.1. The van der Waals surface area contributed by atoms with E-state index >= 15 is 0 Å². The van der Waals surface area contributed by atoms with Crippen molar-refractivity contribution < 1.29 is 4.42 Å². The number of hydrogen-bond acceptors (Lipinski definition) is 4. The van der Waals surface area contributed by atoms with Crippen molar-refractivity contribution in [2.75, 3.05) is 0 Å². The fourth-order valence-corrected chi connectivity index (χ4v) is 33.4. The zero-order chi connectivity index (χ0) is 79.8. The number of nitrogens with zero attached hydrogens (tertiary/aromatic N) is 5. The molecule has 4 aromatic heterocycles. The Bertz CT molecular complexity index is 6910. The summed E-state index contributed by atoms with van der Waals surface area (Å²) >= 11 is 0. The van der Waals surface area contributed by atoms with Gasteiger partial charge < -0.3 is 13.6 Å². The van der Waals surface area contributed by atoms with Crippen LogP contribution >= 0.6 is 0 Å². The van der Waals surface area contributed by atoms with Gasteiger partial charge in [0.2, 0.25) is 0 Å². The van der Waals surface area contributed by atoms with Crippen LogP contribution in [0.4, 0.5) is 0 Å². The van der Waals surface area contributed by atoms with Gasteiger partial charge in [0.1, 0.15) is 11.2 Å². The summed E-state index contributed by atoms with van der Waals surface area (Å²) in [6.07, 6.45) is 0. The minimum Gasteiger partial charge on any atom is -0.456 e. The first-order valence-electron chi connectivity index (χ1n) is 41.0. The van der Waals surface area contributed by atoms with Gasteiger partial charge in [-0.15, -0.1) is 0 Å². The van der Waals surface area contributed by atoms with Crippen LogP contribution in [0.25, 0.3) is 111 Å². The number of aromatic nitrogens is 5. The Hall–Kier alpha value is -15.0. The molecule has 22 aromatic rings. The Balaban J connectivity index is 0.000000155. The number of furan rings is 1. The minimum atomic E-state index is -2.87. The summed E-state index contributed by atoms with van der Waals surface area (Å²) in [5, 5.41) is 22.9. The van der Waals surface area contributed by atoms with Crippen molar-refractivity contribution in [3.05, 3.63) is 479 Å². The molecule has 0 saturated carbocycles. The molecule has 4 heterocycles. The van der Waals surface area contributed by atoms with Crippen LogP contribution in [-0.2, 0) is 0 Å². The van der Waals surface area contributed by atoms with E-state index in [-0.39, 0.29) is 0 Å². The molecule has 0 aliphatic heterocycles. The van der Waals surface area contributed by atoms with Gasteiger partial charge in [0.05, 0.1) is 22.1 Å². The molecule has 0 unspecified atom stereocenters. The van der Waals surface area contributed by atoms with Crippen LogP contribution in [0.2, 0.25) is 0 Å². The standard InChI is InChI=1S/C63H45N3OSi2.C48H34N2Si/c1-7-25-49(26-8-1)68(50-27-9-2-10-28-50,51-29-11-3-12-30-51)55-37-21-23-46(43-55)61-64-62(66-63(65-61)48-41-42-60-58(45-48)57-39-19-20-40-59(57)67-60)47-24-22-38-56(44-47)69(52-31-13-4-14-32-52,53-33-15-5-16-34-53)54-35-17-6-18-36-54;1-4-16-37(17-5-1)51(38-18-6-2-7-19-38,39-20-8-3-9-21-39)40-31-28-35(29-32-40)49-47-27-15-12-24-43(47)44-34-36(30-33-48(44)49)50-45-25-13-10-22-41(45)42-23-11-14-26-46(42)50/h1-45H;1-34H. The fourth-order valence-electron chi connectivity index (χ4n) is 19.0. The molecule has 18 aromatic carbocycles. The number of hydrogen-bond donors (Lipinski definition) is 0. The summed E-state index contributed by atoms with van der Waals surface area (Å²) in [6.45, 7) is 0. The molecule has 0 spiro atoms. The van der Waals surface area contributed by atoms with E-state index in [9.17, 15) is 0 Å². The molecule has 0 aliphatic rings. The number of benzene rings is 18. The molecule has 0 bridgehead atoms. The SMILES string of the molecule is c1ccc([Si](c2ccccc2)(c2ccccc2)c2ccc(-n3c4ccccc4c4cc(-n5c6ccccc6c6ccccc65)ccc43)cc2)cc1.c1ccc([Si](c2ccccc2)(c2ccccc2)c2cccc(-c3nc(-c4cccc([Si](c5ccccc5)(c5ccccc5)c5ccccc5)c4)nc(-c4ccc5oc6ccccc6c5c4)n3)c2)cc1. The first-order valence-corrected chi connectivity index (χ1v) is 47.0. The maximum Gasteiger partial charge on any atom is 0.179 e. The molecule has 0 radical (unpaired) electrons. The quantitative estimate of drug-likeness (QED) is 0.0673. The predicted octanol–water partition coefficient (Wildman–Crippen LogP) is 18.8. The van der Waals surface area contributed by atoms with Crippen molar-refractivity contribution in [1.29, 1.82) is 0 Å². The molecule has 0 saturated heterocycles. The highest BCUT2D eigenvalue weighted by Gasteiger charge is 2.45. The van der Waals surface area contributed by atoms with Crippen LogP contribution < -0.4 is 62.2 Å². The zero-order valence-electron chi connectivity index (χ0n) is 65.8. The summed E-state index contributed by atoms with van der Waals surface area (Å²) in [4.78, 5) is 16.3. The number of para-hydroxylation sites is 4. The van der Waals surface area contributed by atoms with E-state index < -0.39 is 24.2 Å². The summed E-state index contributed by atoms with van der Waals surface area (Å²) in [7, 11) is -8.35. The van der Waals surface area contributed by atoms with E-state index in [1.165, 1.54) is 112 Å². The van der Waals surface area contributed by atoms with E-state index in [0.29, 0.717) is 17.5 Å². The second-order valence-corrected chi connectivity index (χ2v) is 42.2. The van der Waals surface area contributed by atoms with Gasteiger partial charge in [0.25, 0.3) is 0 Å². The van der Waals surface area contributed by atoms with Crippen LogP contribution in [0.5, 0.6) is 0 Å². The molecule has 0 aliphatic carbocycles. The van der Waals surface area contributed by atoms with Crippen LogP contribution in [0, 0.1) is 0 Å². The molecule has 0 N–H and O–H groups in total. The number of fused-ring (bicyclic) bond motifs is 9. The van der Waals surface area contributed by atoms with Gasteiger partial charge in [-0.2, -0.15) is 0 Å². The Morgan fingerprint density at radius 1 is 0.167 bits per heavy atom. The van der Waals surface area contributed by atoms with E-state index in [1.807, 2.05) is 18.2 Å². The maximum atomic E-state index is 6.29. The average molecular weight is 1580 g/mol. The van der Waals surface area contributed by atoms with Gasteiger partial charge in [0.15, 0.2) is 41.7 Å². The lowest BCUT2D eigenvalue weighted by molar-refractivity contribution is 0.669. The van der Waals surface area contributed by atoms with Gasteiger partial charge in [-0.1, -0.05) is 406 Å². The highest BCUT2D eigenvalue weighted by molar-refractivity contribution is 7.21. The molecule has 6 nitrogen and oxygen atoms in total. The van der Waals surface area contributed by atoms with E-state index in [2.05, 4.69) is 470 Å². The maximum absolute atomic E-state index is 6.29. The third-order valence-corrected chi connectivity index (χ3v) is 38.6. The molecule has 0 amide bonds. The largest absolute Gasteiger partial charge is 0.456 e. The van der Waals surface area contributed by atoms with E-state index in [0.717, 1.165) is 44.3 Å². The Morgan fingerprint density at radius 3 is 0.808 bits per heavy atom. The van der Waals surface area contributed by atoms with Crippen LogP contribution in [0.3, 0.4) is 0 Å². The summed E-state index contributed by atoms with van der Waals surface area (Å²) in [5.41, 5.74) is 11.6. The third kappa shape index (κ3) is 12.5. The molecule has 0 fully saturated rings. The lowest BCUT2D eigenvalue weighted by atomic mass is 10.1.